The molecule has 0 radical (unpaired) electrons. The van der Waals surface area contributed by atoms with E-state index in [9.17, 15) is 0 Å². The van der Waals surface area contributed by atoms with Gasteiger partial charge in [-0.05, 0) is 0 Å². The first-order valence-corrected chi connectivity index (χ1v) is 1.84. The Balaban J connectivity index is -0.0000000450. The van der Waals surface area contributed by atoms with Crippen LogP contribution in [0.2, 0.25) is 0 Å². The number of rotatable bonds is 0. The molecule has 6 heavy (non-hydrogen) atoms. The molecule has 0 aromatic carbocycles. The second kappa shape index (κ2) is 9.07. The third kappa shape index (κ3) is 252. The molecule has 0 aromatic rings. The Morgan fingerprint density at radius 3 is 1.33 bits per heavy atom. The van der Waals surface area contributed by atoms with Crippen molar-refractivity contribution in [2.45, 2.75) is 0 Å². The van der Waals surface area contributed by atoms with E-state index in [0.717, 1.165) is 0 Å². The molecule has 0 aliphatic carbocycles. The zero-order valence-electron chi connectivity index (χ0n) is 2.63. The normalized spacial score (nSPS) is 4.00. The molecular formula is O4SiZr. The zero-order chi connectivity index (χ0) is 3.58. The molecule has 0 saturated heterocycles. The van der Waals surface area contributed by atoms with Gasteiger partial charge in [0.05, 0.1) is 0 Å². The topological polar surface area (TPSA) is 91.7 Å². The van der Waals surface area contributed by atoms with E-state index >= 15 is 0 Å². The van der Waals surface area contributed by atoms with Crippen LogP contribution < -0.4 is 9.59 Å². The summed E-state index contributed by atoms with van der Waals surface area (Å²) < 4.78 is 8.52. The van der Waals surface area contributed by atoms with Crippen LogP contribution >= 0.6 is 0 Å². The predicted octanol–water partition coefficient (Wildman–Crippen LogP) is -3.00. The molecule has 0 atom stereocenters. The maximum Gasteiger partial charge on any atom is 4.00 e. The first kappa shape index (κ1) is 16.1. The quantitative estimate of drug-likeness (QED) is 0.375. The monoisotopic (exact) mass is 182 g/mol. The molecular weight excluding hydrogens is 183 g/mol. The molecule has 0 aliphatic heterocycles. The van der Waals surface area contributed by atoms with E-state index in [2.05, 4.69) is 0 Å². The van der Waals surface area contributed by atoms with Crippen LogP contribution in [0.15, 0.2) is 0 Å². The molecule has 0 fully saturated rings. The van der Waals surface area contributed by atoms with Crippen molar-refractivity contribution in [1.82, 2.24) is 0 Å². The molecule has 0 rings (SSSR count). The molecule has 0 heterocycles. The second-order valence-corrected chi connectivity index (χ2v) is 0.750. The van der Waals surface area contributed by atoms with Gasteiger partial charge in [0.25, 0.3) is 0 Å². The van der Waals surface area contributed by atoms with Gasteiger partial charge < -0.3 is 19.5 Å². The van der Waals surface area contributed by atoms with E-state index in [1.165, 1.54) is 0 Å². The molecule has 32 valence electrons. The molecule has 0 saturated carbocycles. The van der Waals surface area contributed by atoms with Crippen LogP contribution in [0, 0.1) is 0 Å². The predicted molar refractivity (Wildman–Crippen MR) is 7.13 cm³/mol. The van der Waals surface area contributed by atoms with E-state index in [0.29, 0.717) is 0 Å². The third-order valence-corrected chi connectivity index (χ3v) is 0. The van der Waals surface area contributed by atoms with Gasteiger partial charge in [0, 0.05) is 9.17 Å². The van der Waals surface area contributed by atoms with E-state index in [1.807, 2.05) is 0 Å². The Hall–Kier alpha value is 0.460. The molecule has 6 heteroatoms. The van der Waals surface area contributed by atoms with Crippen molar-refractivity contribution in [3.8, 4) is 0 Å². The molecule has 4 nitrogen and oxygen atoms in total. The van der Waals surface area contributed by atoms with Gasteiger partial charge >= 0.3 is 26.2 Å². The van der Waals surface area contributed by atoms with Crippen molar-refractivity contribution in [2.24, 2.45) is 0 Å². The average molecular weight is 183 g/mol. The summed E-state index contributed by atoms with van der Waals surface area (Å²) >= 11 is 0. The van der Waals surface area contributed by atoms with E-state index in [-0.39, 0.29) is 31.7 Å². The minimum Gasteiger partial charge on any atom is -2.00 e. The summed E-state index contributed by atoms with van der Waals surface area (Å²) in [7, 11) is -3.63. The largest absolute Gasteiger partial charge is 4.00 e. The minimum atomic E-state index is -3.63. The van der Waals surface area contributed by atoms with Crippen LogP contribution in [-0.2, 0) is 36.1 Å². The Kier molecular flexibility index (Phi) is 24.3. The molecule has 0 amide bonds. The first-order valence-electron chi connectivity index (χ1n) is 0.612. The molecule has 0 N–H and O–H groups in total. The Morgan fingerprint density at radius 2 is 1.33 bits per heavy atom. The van der Waals surface area contributed by atoms with Crippen LogP contribution in [0.1, 0.15) is 0 Å². The molecule has 0 unspecified atom stereocenters. The SMILES string of the molecule is O=[Si]([O-])[O-].[O-2].[Zr+4]. The van der Waals surface area contributed by atoms with Crippen molar-refractivity contribution in [3.05, 3.63) is 0 Å². The van der Waals surface area contributed by atoms with Crippen molar-refractivity contribution in [3.63, 3.8) is 0 Å². The fraction of sp³-hybridized carbons (Fsp3) is 0. The van der Waals surface area contributed by atoms with Gasteiger partial charge in [-0.2, -0.15) is 0 Å². The van der Waals surface area contributed by atoms with Gasteiger partial charge in [-0.1, -0.05) is 0 Å². The summed E-state index contributed by atoms with van der Waals surface area (Å²) in [5.41, 5.74) is 0. The van der Waals surface area contributed by atoms with E-state index in [1.54, 1.807) is 0 Å². The number of hydrogen-bond acceptors (Lipinski definition) is 3. The Labute approximate surface area is 55.1 Å². The van der Waals surface area contributed by atoms with Gasteiger partial charge in [0.15, 0.2) is 0 Å². The van der Waals surface area contributed by atoms with Crippen molar-refractivity contribution < 1.29 is 45.7 Å². The fourth-order valence-electron chi connectivity index (χ4n) is 0. The summed E-state index contributed by atoms with van der Waals surface area (Å²) in [5.74, 6) is 0. The fourth-order valence-corrected chi connectivity index (χ4v) is 0. The van der Waals surface area contributed by atoms with Gasteiger partial charge in [-0.25, -0.2) is 0 Å². The van der Waals surface area contributed by atoms with Crippen molar-refractivity contribution in [1.29, 1.82) is 0 Å². The smallest absolute Gasteiger partial charge is 2.00 e. The van der Waals surface area contributed by atoms with Gasteiger partial charge in [0.1, 0.15) is 0 Å². The second-order valence-electron chi connectivity index (χ2n) is 0.250. The van der Waals surface area contributed by atoms with Gasteiger partial charge in [0.2, 0.25) is 0 Å². The van der Waals surface area contributed by atoms with Crippen LogP contribution in [0.25, 0.3) is 0 Å². The molecule has 0 aliphatic rings. The zero-order valence-corrected chi connectivity index (χ0v) is 6.09. The minimum absolute atomic E-state index is 0. The molecule has 0 spiro atoms. The van der Waals surface area contributed by atoms with Crippen LogP contribution in [0.3, 0.4) is 0 Å². The Morgan fingerprint density at radius 1 is 1.33 bits per heavy atom. The van der Waals surface area contributed by atoms with Crippen molar-refractivity contribution in [2.75, 3.05) is 0 Å². The summed E-state index contributed by atoms with van der Waals surface area (Å²) in [4.78, 5) is 17.0. The molecule has 0 aromatic heterocycles. The standard InChI is InChI=1S/O3Si.O.Zr/c1-4(2)3;;/q2*-2;+4. The molecule has 0 bridgehead atoms. The summed E-state index contributed by atoms with van der Waals surface area (Å²) in [6, 6.07) is 0. The maximum atomic E-state index is 8.52. The van der Waals surface area contributed by atoms with Crippen LogP contribution in [-0.4, -0.2) is 9.17 Å². The summed E-state index contributed by atoms with van der Waals surface area (Å²) in [6.45, 7) is 0. The van der Waals surface area contributed by atoms with E-state index in [4.69, 9.17) is 14.1 Å². The van der Waals surface area contributed by atoms with Crippen molar-refractivity contribution >= 4 is 9.17 Å². The van der Waals surface area contributed by atoms with E-state index < -0.39 is 9.17 Å². The summed E-state index contributed by atoms with van der Waals surface area (Å²) in [6.07, 6.45) is 0. The average Bonchev–Trinajstić information content (AvgIpc) is 0.811. The van der Waals surface area contributed by atoms with Crippen LogP contribution in [0.5, 0.6) is 0 Å². The van der Waals surface area contributed by atoms with Gasteiger partial charge in [-0.3, -0.25) is 0 Å². The number of hydrogen-bond donors (Lipinski definition) is 0. The first-order chi connectivity index (χ1) is 1.73. The van der Waals surface area contributed by atoms with Gasteiger partial charge in [-0.15, -0.1) is 0 Å². The third-order valence-electron chi connectivity index (χ3n) is 0. The van der Waals surface area contributed by atoms with Crippen LogP contribution in [0.4, 0.5) is 0 Å². The Bertz CT molecular complexity index is 30.5. The maximum absolute atomic E-state index is 8.52. The summed E-state index contributed by atoms with van der Waals surface area (Å²) in [5, 5.41) is 0.